The van der Waals surface area contributed by atoms with Gasteiger partial charge in [-0.05, 0) is 55.2 Å². The van der Waals surface area contributed by atoms with Crippen LogP contribution in [0, 0.1) is 11.6 Å². The van der Waals surface area contributed by atoms with Gasteiger partial charge >= 0.3 is 0 Å². The van der Waals surface area contributed by atoms with Crippen molar-refractivity contribution in [2.24, 2.45) is 5.73 Å². The van der Waals surface area contributed by atoms with Gasteiger partial charge in [0.1, 0.15) is 17.7 Å². The van der Waals surface area contributed by atoms with E-state index in [1.54, 1.807) is 6.92 Å². The van der Waals surface area contributed by atoms with Gasteiger partial charge in [-0.2, -0.15) is 0 Å². The van der Waals surface area contributed by atoms with E-state index in [-0.39, 0.29) is 35.1 Å². The Morgan fingerprint density at radius 1 is 1.10 bits per heavy atom. The first-order valence-corrected chi connectivity index (χ1v) is 16.8. The number of sulfone groups is 1. The maximum atomic E-state index is 13.9. The number of benzene rings is 2. The largest absolute Gasteiger partial charge is 0.374 e. The number of sulfonamides is 1. The van der Waals surface area contributed by atoms with E-state index in [1.165, 1.54) is 35.2 Å². The van der Waals surface area contributed by atoms with Gasteiger partial charge in [-0.1, -0.05) is 37.5 Å². The zero-order valence-corrected chi connectivity index (χ0v) is 24.7. The molecule has 0 radical (unpaired) electrons. The highest BCUT2D eigenvalue weighted by Crippen LogP contribution is 2.46. The third-order valence-electron chi connectivity index (χ3n) is 7.67. The number of ether oxygens (including phenoxy) is 1. The molecule has 0 bridgehead atoms. The predicted molar refractivity (Wildman–Crippen MR) is 151 cm³/mol. The van der Waals surface area contributed by atoms with E-state index in [0.29, 0.717) is 24.0 Å². The summed E-state index contributed by atoms with van der Waals surface area (Å²) in [6.45, 7) is 1.22. The van der Waals surface area contributed by atoms with Gasteiger partial charge in [-0.3, -0.25) is 4.79 Å². The molecule has 1 spiro atoms. The summed E-state index contributed by atoms with van der Waals surface area (Å²) in [7, 11) is -7.47. The zero-order chi connectivity index (χ0) is 30.0. The number of carbonyl (C=O) groups is 1. The molecule has 0 saturated heterocycles. The second kappa shape index (κ2) is 12.3. The molecule has 0 unspecified atom stereocenters. The number of nitrogens with two attached hydrogens (primary N) is 1. The molecule has 0 aromatic heterocycles. The fourth-order valence-electron chi connectivity index (χ4n) is 5.51. The number of halogens is 2. The number of nitrogens with zero attached hydrogens (tertiary/aromatic N) is 1. The smallest absolute Gasteiger partial charge is 0.242 e. The van der Waals surface area contributed by atoms with E-state index in [9.17, 15) is 30.4 Å². The Morgan fingerprint density at radius 3 is 2.27 bits per heavy atom. The number of rotatable bonds is 10. The highest BCUT2D eigenvalue weighted by atomic mass is 32.2. The number of hydrogen-bond acceptors (Lipinski definition) is 7. The van der Waals surface area contributed by atoms with Crippen molar-refractivity contribution in [3.8, 4) is 0 Å². The van der Waals surface area contributed by atoms with Crippen LogP contribution in [0.2, 0.25) is 0 Å². The van der Waals surface area contributed by atoms with Crippen molar-refractivity contribution in [2.45, 2.75) is 62.1 Å². The summed E-state index contributed by atoms with van der Waals surface area (Å²) in [5.41, 5.74) is 5.83. The predicted octanol–water partition coefficient (Wildman–Crippen LogP) is 3.11. The van der Waals surface area contributed by atoms with Crippen molar-refractivity contribution < 1.29 is 35.1 Å². The normalized spacial score (nSPS) is 19.0. The molecule has 41 heavy (non-hydrogen) atoms. The third-order valence-corrected chi connectivity index (χ3v) is 10.5. The Balaban J connectivity index is 1.62. The van der Waals surface area contributed by atoms with Crippen LogP contribution < -0.4 is 10.5 Å². The molecule has 2 aromatic rings. The van der Waals surface area contributed by atoms with E-state index < -0.39 is 55.6 Å². The summed E-state index contributed by atoms with van der Waals surface area (Å²) in [5, 5.41) is 0. The van der Waals surface area contributed by atoms with Crippen molar-refractivity contribution >= 4 is 30.7 Å². The van der Waals surface area contributed by atoms with Crippen LogP contribution in [0.25, 0.3) is 4.91 Å². The first kappa shape index (κ1) is 31.2. The molecule has 4 rings (SSSR count). The molecule has 1 heterocycles. The summed E-state index contributed by atoms with van der Waals surface area (Å²) < 4.78 is 87.1. The molecule has 2 aliphatic rings. The summed E-state index contributed by atoms with van der Waals surface area (Å²) in [4.78, 5) is 14.9. The molecule has 3 N–H and O–H groups in total. The topological polar surface area (TPSA) is 136 Å². The van der Waals surface area contributed by atoms with Crippen LogP contribution in [-0.4, -0.2) is 65.2 Å². The van der Waals surface area contributed by atoms with E-state index in [4.69, 9.17) is 10.5 Å². The molecule has 1 aliphatic carbocycles. The van der Waals surface area contributed by atoms with Crippen LogP contribution in [-0.2, 0) is 36.0 Å². The fourth-order valence-corrected chi connectivity index (χ4v) is 8.12. The van der Waals surface area contributed by atoms with Crippen LogP contribution in [0.4, 0.5) is 8.78 Å². The monoisotopic (exact) mass is 611 g/mol. The van der Waals surface area contributed by atoms with Gasteiger partial charge < -0.3 is 15.4 Å². The number of carbonyl (C=O) groups excluding carboxylic acids is 1. The quantitative estimate of drug-likeness (QED) is 0.422. The average molecular weight is 612 g/mol. The first-order valence-electron chi connectivity index (χ1n) is 13.4. The van der Waals surface area contributed by atoms with Gasteiger partial charge in [0.15, 0.2) is 9.84 Å². The highest BCUT2D eigenvalue weighted by Gasteiger charge is 2.49. The number of hydrogen-bond donors (Lipinski definition) is 2. The van der Waals surface area contributed by atoms with E-state index >= 15 is 0 Å². The first-order chi connectivity index (χ1) is 19.3. The molecule has 1 amide bonds. The minimum absolute atomic E-state index is 0.0274. The van der Waals surface area contributed by atoms with Crippen LogP contribution in [0.1, 0.15) is 50.2 Å². The van der Waals surface area contributed by atoms with E-state index in [2.05, 4.69) is 4.72 Å². The minimum Gasteiger partial charge on any atom is -0.374 e. The SMILES string of the molecule is CCN(CC1=C(c2ccc(S(C)(=O)=O)cc2)S(=O)(=O)NC12CCCCC2)C(=O)[C@H](N)COCc1c(F)cccc1F. The lowest BCUT2D eigenvalue weighted by Crippen LogP contribution is -2.51. The second-order valence-corrected chi connectivity index (χ2v) is 14.2. The number of amides is 1. The van der Waals surface area contributed by atoms with Crippen molar-refractivity contribution in [3.05, 3.63) is 70.8 Å². The van der Waals surface area contributed by atoms with Crippen molar-refractivity contribution in [1.29, 1.82) is 0 Å². The van der Waals surface area contributed by atoms with Crippen LogP contribution >= 0.6 is 0 Å². The van der Waals surface area contributed by atoms with Crippen LogP contribution in [0.15, 0.2) is 52.9 Å². The van der Waals surface area contributed by atoms with Crippen LogP contribution in [0.3, 0.4) is 0 Å². The zero-order valence-electron chi connectivity index (χ0n) is 23.0. The van der Waals surface area contributed by atoms with Crippen LogP contribution in [0.5, 0.6) is 0 Å². The molecule has 1 fully saturated rings. The molecule has 1 atom stereocenters. The van der Waals surface area contributed by atoms with Crippen molar-refractivity contribution in [3.63, 3.8) is 0 Å². The average Bonchev–Trinajstić information content (AvgIpc) is 3.12. The molecule has 2 aromatic carbocycles. The Kier molecular flexibility index (Phi) is 9.34. The summed E-state index contributed by atoms with van der Waals surface area (Å²) >= 11 is 0. The van der Waals surface area contributed by atoms with Gasteiger partial charge in [0.25, 0.3) is 0 Å². The van der Waals surface area contributed by atoms with E-state index in [0.717, 1.165) is 37.7 Å². The van der Waals surface area contributed by atoms with Gasteiger partial charge in [0.05, 0.1) is 28.6 Å². The van der Waals surface area contributed by atoms with Gasteiger partial charge in [0, 0.05) is 24.9 Å². The standard InChI is InChI=1S/C28H35F2N3O6S2/c1-3-33(27(34)25(31)18-39-17-21-23(29)8-7-9-24(21)30)16-22-26(19-10-12-20(13-11-19)40(2,35)36)41(37,38)32-28(22)14-5-4-6-15-28/h7-13,25,32H,3-6,14-18,31H2,1-2H3/t25-/m1/s1. The maximum Gasteiger partial charge on any atom is 0.242 e. The van der Waals surface area contributed by atoms with Gasteiger partial charge in [0.2, 0.25) is 15.9 Å². The number of likely N-dealkylation sites (N-methyl/N-ethyl adjacent to an activating group) is 1. The molecular weight excluding hydrogens is 576 g/mol. The van der Waals surface area contributed by atoms with Gasteiger partial charge in [-0.15, -0.1) is 0 Å². The molecular formula is C28H35F2N3O6S2. The Bertz CT molecular complexity index is 1520. The fraction of sp³-hybridized carbons (Fsp3) is 0.464. The lowest BCUT2D eigenvalue weighted by Gasteiger charge is -2.37. The van der Waals surface area contributed by atoms with Gasteiger partial charge in [-0.25, -0.2) is 30.3 Å². The second-order valence-electron chi connectivity index (χ2n) is 10.5. The van der Waals surface area contributed by atoms with E-state index in [1.807, 2.05) is 0 Å². The summed E-state index contributed by atoms with van der Waals surface area (Å²) in [6.07, 6.45) is 4.74. The molecule has 13 heteroatoms. The molecule has 224 valence electrons. The lowest BCUT2D eigenvalue weighted by atomic mass is 9.76. The van der Waals surface area contributed by atoms with Crippen molar-refractivity contribution in [1.82, 2.24) is 9.62 Å². The minimum atomic E-state index is -3.98. The highest BCUT2D eigenvalue weighted by molar-refractivity contribution is 7.99. The number of nitrogens with one attached hydrogen (secondary N) is 1. The Labute approximate surface area is 239 Å². The summed E-state index contributed by atoms with van der Waals surface area (Å²) in [5.74, 6) is -2.04. The Hall–Kier alpha value is -2.71. The summed E-state index contributed by atoms with van der Waals surface area (Å²) in [6, 6.07) is 7.96. The molecule has 1 aliphatic heterocycles. The maximum absolute atomic E-state index is 13.9. The Morgan fingerprint density at radius 2 is 1.71 bits per heavy atom. The molecule has 1 saturated carbocycles. The third kappa shape index (κ3) is 6.69. The lowest BCUT2D eigenvalue weighted by molar-refractivity contribution is -0.133. The molecule has 9 nitrogen and oxygen atoms in total. The van der Waals surface area contributed by atoms with Crippen molar-refractivity contribution in [2.75, 3.05) is 26.0 Å².